The number of amides is 2. The lowest BCUT2D eigenvalue weighted by atomic mass is 9.90. The van der Waals surface area contributed by atoms with Crippen LogP contribution in [-0.2, 0) is 4.79 Å². The molecule has 0 unspecified atom stereocenters. The van der Waals surface area contributed by atoms with Crippen molar-refractivity contribution in [3.8, 4) is 11.5 Å². The predicted molar refractivity (Wildman–Crippen MR) is 137 cm³/mol. The normalized spacial score (nSPS) is 12.0. The number of rotatable bonds is 7. The molecule has 0 atom stereocenters. The van der Waals surface area contributed by atoms with E-state index in [9.17, 15) is 9.59 Å². The third kappa shape index (κ3) is 5.10. The van der Waals surface area contributed by atoms with Crippen molar-refractivity contribution in [3.05, 3.63) is 125 Å². The Hall–Kier alpha value is -4.91. The molecule has 0 aromatic heterocycles. The first kappa shape index (κ1) is 22.9. The van der Waals surface area contributed by atoms with Crippen molar-refractivity contribution < 1.29 is 19.1 Å². The Kier molecular flexibility index (Phi) is 6.71. The zero-order valence-electron chi connectivity index (χ0n) is 19.3. The summed E-state index contributed by atoms with van der Waals surface area (Å²) in [5, 5.41) is 7.00. The van der Waals surface area contributed by atoms with Crippen molar-refractivity contribution in [3.63, 3.8) is 0 Å². The molecule has 1 heterocycles. The number of ether oxygens (including phenoxy) is 2. The summed E-state index contributed by atoms with van der Waals surface area (Å²) in [6, 6.07) is 31.3. The largest absolute Gasteiger partial charge is 0.454 e. The van der Waals surface area contributed by atoms with Crippen LogP contribution in [0.1, 0.15) is 33.0 Å². The molecule has 0 aliphatic carbocycles. The number of hydrazone groups is 1. The van der Waals surface area contributed by atoms with E-state index in [1.165, 1.54) is 6.21 Å². The summed E-state index contributed by atoms with van der Waals surface area (Å²) < 4.78 is 10.7. The Labute approximate surface area is 208 Å². The van der Waals surface area contributed by atoms with Crippen LogP contribution in [0.3, 0.4) is 0 Å². The lowest BCUT2D eigenvalue weighted by Crippen LogP contribution is -2.25. The van der Waals surface area contributed by atoms with Crippen LogP contribution in [0.15, 0.2) is 108 Å². The number of benzene rings is 4. The second-order valence-electron chi connectivity index (χ2n) is 8.10. The van der Waals surface area contributed by atoms with E-state index in [0.717, 1.165) is 16.7 Å². The molecular formula is C29H23N3O4. The Morgan fingerprint density at radius 1 is 0.778 bits per heavy atom. The first-order valence-corrected chi connectivity index (χ1v) is 11.4. The molecule has 1 aliphatic heterocycles. The molecule has 0 spiro atoms. The molecular weight excluding hydrogens is 454 g/mol. The van der Waals surface area contributed by atoms with Gasteiger partial charge in [-0.2, -0.15) is 5.10 Å². The molecule has 36 heavy (non-hydrogen) atoms. The molecule has 1 aliphatic rings. The van der Waals surface area contributed by atoms with Gasteiger partial charge in [-0.25, -0.2) is 5.43 Å². The zero-order valence-corrected chi connectivity index (χ0v) is 19.3. The van der Waals surface area contributed by atoms with Crippen molar-refractivity contribution >= 4 is 23.7 Å². The van der Waals surface area contributed by atoms with Crippen molar-refractivity contribution in [2.75, 3.05) is 12.1 Å². The van der Waals surface area contributed by atoms with Gasteiger partial charge in [-0.05, 0) is 47.0 Å². The highest BCUT2D eigenvalue weighted by Gasteiger charge is 2.24. The van der Waals surface area contributed by atoms with Crippen molar-refractivity contribution in [1.29, 1.82) is 0 Å². The molecule has 7 heteroatoms. The fourth-order valence-corrected chi connectivity index (χ4v) is 4.00. The summed E-state index contributed by atoms with van der Waals surface area (Å²) >= 11 is 0. The summed E-state index contributed by atoms with van der Waals surface area (Å²) in [5.41, 5.74) is 5.69. The van der Waals surface area contributed by atoms with Crippen LogP contribution in [0.25, 0.3) is 0 Å². The average Bonchev–Trinajstić information content (AvgIpc) is 3.38. The molecule has 0 fully saturated rings. The van der Waals surface area contributed by atoms with Crippen molar-refractivity contribution in [2.45, 2.75) is 5.92 Å². The van der Waals surface area contributed by atoms with Crippen molar-refractivity contribution in [2.24, 2.45) is 5.10 Å². The second kappa shape index (κ2) is 10.6. The summed E-state index contributed by atoms with van der Waals surface area (Å²) in [6.45, 7) is 0.185. The van der Waals surface area contributed by atoms with Gasteiger partial charge < -0.3 is 14.8 Å². The van der Waals surface area contributed by atoms with E-state index in [0.29, 0.717) is 22.7 Å². The van der Waals surface area contributed by atoms with Gasteiger partial charge in [-0.15, -0.1) is 0 Å². The van der Waals surface area contributed by atoms with E-state index >= 15 is 0 Å². The lowest BCUT2D eigenvalue weighted by Gasteiger charge is -2.19. The topological polar surface area (TPSA) is 89.0 Å². The molecule has 5 rings (SSSR count). The Morgan fingerprint density at radius 3 is 2.14 bits per heavy atom. The van der Waals surface area contributed by atoms with Crippen LogP contribution in [0.2, 0.25) is 0 Å². The number of nitrogens with one attached hydrogen (secondary N) is 2. The molecule has 0 saturated carbocycles. The number of hydrogen-bond donors (Lipinski definition) is 2. The van der Waals surface area contributed by atoms with Crippen LogP contribution in [0.4, 0.5) is 5.69 Å². The molecule has 2 N–H and O–H groups in total. The maximum absolute atomic E-state index is 13.5. The smallest absolute Gasteiger partial charge is 0.273 e. The fraction of sp³-hybridized carbons (Fsp3) is 0.0690. The number of hydrogen-bond acceptors (Lipinski definition) is 5. The molecule has 7 nitrogen and oxygen atoms in total. The highest BCUT2D eigenvalue weighted by Crippen LogP contribution is 2.32. The minimum absolute atomic E-state index is 0.185. The lowest BCUT2D eigenvalue weighted by molar-refractivity contribution is -0.116. The van der Waals surface area contributed by atoms with Gasteiger partial charge in [-0.1, -0.05) is 72.8 Å². The number of nitrogens with zero attached hydrogens (tertiary/aromatic N) is 1. The first-order valence-electron chi connectivity index (χ1n) is 11.4. The van der Waals surface area contributed by atoms with Gasteiger partial charge in [-0.3, -0.25) is 9.59 Å². The molecule has 0 radical (unpaired) electrons. The number of carbonyl (C=O) groups excluding carboxylic acids is 2. The van der Waals surface area contributed by atoms with Gasteiger partial charge in [0, 0.05) is 0 Å². The monoisotopic (exact) mass is 477 g/mol. The van der Waals surface area contributed by atoms with Gasteiger partial charge in [0.15, 0.2) is 11.5 Å². The summed E-state index contributed by atoms with van der Waals surface area (Å²) in [6.07, 6.45) is 1.52. The molecule has 4 aromatic carbocycles. The average molecular weight is 478 g/mol. The van der Waals surface area contributed by atoms with Crippen LogP contribution in [-0.4, -0.2) is 24.8 Å². The maximum Gasteiger partial charge on any atom is 0.273 e. The predicted octanol–water partition coefficient (Wildman–Crippen LogP) is 4.95. The standard InChI is InChI=1S/C29H23N3O4/c33-28(32-30-18-20-15-16-25-26(17-20)36-19-35-25)23-13-7-8-14-24(23)31-29(34)27(21-9-3-1-4-10-21)22-11-5-2-6-12-22/h1-18,27H,19H2,(H,31,34)(H,32,33)/b30-18-. The quantitative estimate of drug-likeness (QED) is 0.291. The van der Waals surface area contributed by atoms with E-state index in [2.05, 4.69) is 15.8 Å². The third-order valence-electron chi connectivity index (χ3n) is 5.73. The number of anilines is 1. The molecule has 0 saturated heterocycles. The molecule has 178 valence electrons. The molecule has 2 amide bonds. The number of para-hydroxylation sites is 1. The summed E-state index contributed by atoms with van der Waals surface area (Å²) in [7, 11) is 0. The van der Waals surface area contributed by atoms with Crippen LogP contribution >= 0.6 is 0 Å². The summed E-state index contributed by atoms with van der Waals surface area (Å²) in [5.74, 6) is 0.0813. The highest BCUT2D eigenvalue weighted by atomic mass is 16.7. The van der Waals surface area contributed by atoms with E-state index in [-0.39, 0.29) is 12.7 Å². The third-order valence-corrected chi connectivity index (χ3v) is 5.73. The van der Waals surface area contributed by atoms with E-state index in [1.807, 2.05) is 66.7 Å². The minimum Gasteiger partial charge on any atom is -0.454 e. The SMILES string of the molecule is O=C(N/N=C\c1ccc2c(c1)OCO2)c1ccccc1NC(=O)C(c1ccccc1)c1ccccc1. The first-order chi connectivity index (χ1) is 17.7. The minimum atomic E-state index is -0.535. The van der Waals surface area contributed by atoms with Gasteiger partial charge in [0.1, 0.15) is 0 Å². The Morgan fingerprint density at radius 2 is 1.42 bits per heavy atom. The van der Waals surface area contributed by atoms with Gasteiger partial charge in [0.2, 0.25) is 12.7 Å². The second-order valence-corrected chi connectivity index (χ2v) is 8.10. The van der Waals surface area contributed by atoms with Crippen molar-refractivity contribution in [1.82, 2.24) is 5.43 Å². The Bertz CT molecular complexity index is 1370. The van der Waals surface area contributed by atoms with Crippen LogP contribution in [0.5, 0.6) is 11.5 Å². The van der Waals surface area contributed by atoms with Crippen LogP contribution < -0.4 is 20.2 Å². The zero-order chi connectivity index (χ0) is 24.7. The number of fused-ring (bicyclic) bond motifs is 1. The number of carbonyl (C=O) groups is 2. The van der Waals surface area contributed by atoms with E-state index in [4.69, 9.17) is 9.47 Å². The van der Waals surface area contributed by atoms with Gasteiger partial charge >= 0.3 is 0 Å². The van der Waals surface area contributed by atoms with Crippen LogP contribution in [0, 0.1) is 0 Å². The molecule has 0 bridgehead atoms. The summed E-state index contributed by atoms with van der Waals surface area (Å²) in [4.78, 5) is 26.4. The van der Waals surface area contributed by atoms with E-state index < -0.39 is 11.8 Å². The molecule has 4 aromatic rings. The Balaban J connectivity index is 1.33. The fourth-order valence-electron chi connectivity index (χ4n) is 4.00. The van der Waals surface area contributed by atoms with E-state index in [1.54, 1.807) is 36.4 Å². The van der Waals surface area contributed by atoms with Gasteiger partial charge in [0.05, 0.1) is 23.4 Å². The highest BCUT2D eigenvalue weighted by molar-refractivity contribution is 6.06. The maximum atomic E-state index is 13.5. The van der Waals surface area contributed by atoms with Gasteiger partial charge in [0.25, 0.3) is 5.91 Å².